The Morgan fingerprint density at radius 3 is 1.72 bits per heavy atom. The number of piperidine rings is 1. The number of rotatable bonds is 11. The minimum atomic E-state index is 0.512. The van der Waals surface area contributed by atoms with Gasteiger partial charge in [0, 0.05) is 26.2 Å². The maximum atomic E-state index is 5.36. The predicted octanol–water partition coefficient (Wildman–Crippen LogP) is 1.26. The van der Waals surface area contributed by atoms with E-state index in [1.165, 1.54) is 32.4 Å². The smallest absolute Gasteiger partial charge is 0.186 e. The lowest BCUT2D eigenvalue weighted by Gasteiger charge is -2.26. The Morgan fingerprint density at radius 2 is 1.22 bits per heavy atom. The third kappa shape index (κ3) is 12.0. The van der Waals surface area contributed by atoms with Crippen molar-refractivity contribution in [2.45, 2.75) is 46.0 Å². The van der Waals surface area contributed by atoms with Gasteiger partial charge in [0.05, 0.1) is 24.6 Å². The molecule has 2 saturated heterocycles. The Hall–Kier alpha value is -1.40. The van der Waals surface area contributed by atoms with Gasteiger partial charge in [0.1, 0.15) is 0 Å². The van der Waals surface area contributed by atoms with Gasteiger partial charge in [-0.2, -0.15) is 10.2 Å². The molecule has 11 heteroatoms. The lowest BCUT2D eigenvalue weighted by atomic mass is 10.1. The monoisotopic (exact) mass is 484 g/mol. The number of ether oxygens (including phenoxy) is 1. The highest BCUT2D eigenvalue weighted by molar-refractivity contribution is 7.80. The molecule has 0 saturated carbocycles. The van der Waals surface area contributed by atoms with Crippen LogP contribution in [-0.2, 0) is 4.74 Å². The average Bonchev–Trinajstić information content (AvgIpc) is 2.82. The molecule has 0 bridgehead atoms. The number of nitrogens with one attached hydrogen (secondary N) is 4. The van der Waals surface area contributed by atoms with Crippen molar-refractivity contribution in [2.75, 3.05) is 65.6 Å². The van der Waals surface area contributed by atoms with Gasteiger partial charge in [-0.15, -0.1) is 0 Å². The molecule has 0 aromatic heterocycles. The lowest BCUT2D eigenvalue weighted by Crippen LogP contribution is -2.39. The van der Waals surface area contributed by atoms with Crippen molar-refractivity contribution in [3.05, 3.63) is 0 Å². The van der Waals surface area contributed by atoms with Gasteiger partial charge >= 0.3 is 0 Å². The van der Waals surface area contributed by atoms with Gasteiger partial charge in [-0.3, -0.25) is 15.8 Å². The summed E-state index contributed by atoms with van der Waals surface area (Å²) in [6, 6.07) is 0. The number of hydrazone groups is 2. The van der Waals surface area contributed by atoms with Gasteiger partial charge < -0.3 is 20.3 Å². The maximum Gasteiger partial charge on any atom is 0.186 e. The van der Waals surface area contributed by atoms with Crippen molar-refractivity contribution in [3.8, 4) is 0 Å². The standard InChI is InChI=1S/C21H40N8OS2/c1-18(24-26-20(31)22-8-6-12-28-10-4-3-5-11-28)19(2)25-27-21(32)23-9-7-13-29-14-16-30-17-15-29/h3-17H2,1-2H3,(H2,22,26,31)(H2,23,27,32)/b24-18-,25-19-. The van der Waals surface area contributed by atoms with Crippen LogP contribution in [-0.4, -0.2) is 97.0 Å². The predicted molar refractivity (Wildman–Crippen MR) is 140 cm³/mol. The van der Waals surface area contributed by atoms with Crippen molar-refractivity contribution in [3.63, 3.8) is 0 Å². The topological polar surface area (TPSA) is 88.5 Å². The molecule has 2 rings (SSSR count). The van der Waals surface area contributed by atoms with E-state index in [9.17, 15) is 0 Å². The first-order valence-electron chi connectivity index (χ1n) is 11.7. The molecule has 0 amide bonds. The van der Waals surface area contributed by atoms with Gasteiger partial charge in [0.15, 0.2) is 10.2 Å². The third-order valence-corrected chi connectivity index (χ3v) is 6.07. The van der Waals surface area contributed by atoms with Gasteiger partial charge in [-0.1, -0.05) is 6.42 Å². The van der Waals surface area contributed by atoms with Crippen molar-refractivity contribution >= 4 is 46.1 Å². The fourth-order valence-corrected chi connectivity index (χ4v) is 3.82. The Balaban J connectivity index is 1.53. The number of hydrogen-bond acceptors (Lipinski definition) is 7. The molecule has 0 aromatic carbocycles. The number of nitrogens with zero attached hydrogens (tertiary/aromatic N) is 4. The first-order chi connectivity index (χ1) is 15.5. The van der Waals surface area contributed by atoms with Crippen molar-refractivity contribution in [1.29, 1.82) is 0 Å². The van der Waals surface area contributed by atoms with Crippen LogP contribution in [0.5, 0.6) is 0 Å². The summed E-state index contributed by atoms with van der Waals surface area (Å²) >= 11 is 10.6. The molecule has 0 radical (unpaired) electrons. The first-order valence-corrected chi connectivity index (χ1v) is 12.6. The Kier molecular flexibility index (Phi) is 13.6. The van der Waals surface area contributed by atoms with Crippen LogP contribution in [0.15, 0.2) is 10.2 Å². The molecule has 0 unspecified atom stereocenters. The highest BCUT2D eigenvalue weighted by Crippen LogP contribution is 2.08. The number of morpholine rings is 1. The second-order valence-corrected chi connectivity index (χ2v) is 9.01. The minimum absolute atomic E-state index is 0.512. The van der Waals surface area contributed by atoms with Crippen LogP contribution >= 0.6 is 24.4 Å². The van der Waals surface area contributed by atoms with E-state index in [0.29, 0.717) is 10.2 Å². The lowest BCUT2D eigenvalue weighted by molar-refractivity contribution is 0.0376. The fraction of sp³-hybridized carbons (Fsp3) is 0.810. The fourth-order valence-electron chi connectivity index (χ4n) is 3.53. The van der Waals surface area contributed by atoms with Gasteiger partial charge in [0.2, 0.25) is 0 Å². The highest BCUT2D eigenvalue weighted by Gasteiger charge is 2.10. The number of thiocarbonyl (C=S) groups is 2. The first kappa shape index (κ1) is 26.8. The summed E-state index contributed by atoms with van der Waals surface area (Å²) in [6.07, 6.45) is 6.12. The Labute approximate surface area is 203 Å². The van der Waals surface area contributed by atoms with Crippen molar-refractivity contribution < 1.29 is 4.74 Å². The highest BCUT2D eigenvalue weighted by atomic mass is 32.1. The molecule has 32 heavy (non-hydrogen) atoms. The van der Waals surface area contributed by atoms with Crippen LogP contribution in [0.2, 0.25) is 0 Å². The molecule has 2 heterocycles. The quantitative estimate of drug-likeness (QED) is 0.150. The molecule has 0 atom stereocenters. The van der Waals surface area contributed by atoms with Gasteiger partial charge in [-0.05, 0) is 90.1 Å². The van der Waals surface area contributed by atoms with Gasteiger partial charge in [-0.25, -0.2) is 0 Å². The molecule has 4 N–H and O–H groups in total. The summed E-state index contributed by atoms with van der Waals surface area (Å²) < 4.78 is 5.36. The number of likely N-dealkylation sites (tertiary alicyclic amines) is 1. The maximum absolute atomic E-state index is 5.36. The SMILES string of the molecule is CC(=N/NC(=S)NCCCN1CCCCC1)/C(C)=N\NC(=S)NCCCN1CCOCC1. The molecule has 0 spiro atoms. The summed E-state index contributed by atoms with van der Waals surface area (Å²) in [5.41, 5.74) is 7.24. The summed E-state index contributed by atoms with van der Waals surface area (Å²) in [5, 5.41) is 16.0. The van der Waals surface area contributed by atoms with E-state index >= 15 is 0 Å². The summed E-state index contributed by atoms with van der Waals surface area (Å²) in [6.45, 7) is 13.7. The molecule has 0 aromatic rings. The molecule has 2 fully saturated rings. The van der Waals surface area contributed by atoms with Crippen LogP contribution in [0.1, 0.15) is 46.0 Å². The molecular weight excluding hydrogens is 444 g/mol. The van der Waals surface area contributed by atoms with Crippen molar-refractivity contribution in [1.82, 2.24) is 31.3 Å². The average molecular weight is 485 g/mol. The summed E-state index contributed by atoms with van der Waals surface area (Å²) in [4.78, 5) is 4.94. The zero-order valence-corrected chi connectivity index (χ0v) is 21.3. The molecule has 2 aliphatic heterocycles. The van der Waals surface area contributed by atoms with E-state index < -0.39 is 0 Å². The largest absolute Gasteiger partial charge is 0.379 e. The van der Waals surface area contributed by atoms with E-state index in [1.54, 1.807) is 0 Å². The summed E-state index contributed by atoms with van der Waals surface area (Å²) in [7, 11) is 0. The second-order valence-electron chi connectivity index (χ2n) is 8.19. The van der Waals surface area contributed by atoms with Crippen molar-refractivity contribution in [2.24, 2.45) is 10.2 Å². The van der Waals surface area contributed by atoms with Gasteiger partial charge in [0.25, 0.3) is 0 Å². The zero-order valence-electron chi connectivity index (χ0n) is 19.6. The van der Waals surface area contributed by atoms with Crippen LogP contribution in [0, 0.1) is 0 Å². The van der Waals surface area contributed by atoms with E-state index in [4.69, 9.17) is 29.2 Å². The molecule has 2 aliphatic rings. The Morgan fingerprint density at radius 1 is 0.750 bits per heavy atom. The normalized spacial score (nSPS) is 18.8. The molecule has 9 nitrogen and oxygen atoms in total. The van der Waals surface area contributed by atoms with Crippen LogP contribution < -0.4 is 21.5 Å². The van der Waals surface area contributed by atoms with E-state index in [1.807, 2.05) is 13.8 Å². The number of hydrogen-bond donors (Lipinski definition) is 4. The van der Waals surface area contributed by atoms with E-state index in [2.05, 4.69) is 41.5 Å². The van der Waals surface area contributed by atoms with Crippen LogP contribution in [0.3, 0.4) is 0 Å². The zero-order chi connectivity index (χ0) is 23.0. The molecule has 182 valence electrons. The minimum Gasteiger partial charge on any atom is -0.379 e. The summed E-state index contributed by atoms with van der Waals surface area (Å²) in [5.74, 6) is 0. The van der Waals surface area contributed by atoms with Crippen LogP contribution in [0.4, 0.5) is 0 Å². The third-order valence-electron chi connectivity index (χ3n) is 5.60. The molecular formula is C21H40N8OS2. The second kappa shape index (κ2) is 16.2. The molecule has 0 aliphatic carbocycles. The Bertz CT molecular complexity index is 577. The van der Waals surface area contributed by atoms with E-state index in [-0.39, 0.29) is 0 Å². The van der Waals surface area contributed by atoms with E-state index in [0.717, 1.165) is 76.7 Å². The van der Waals surface area contributed by atoms with Crippen LogP contribution in [0.25, 0.3) is 0 Å².